The summed E-state index contributed by atoms with van der Waals surface area (Å²) >= 11 is 0. The summed E-state index contributed by atoms with van der Waals surface area (Å²) in [5.41, 5.74) is 1.35. The minimum atomic E-state index is -0.254. The van der Waals surface area contributed by atoms with Crippen molar-refractivity contribution in [3.05, 3.63) is 47.8 Å². The van der Waals surface area contributed by atoms with Gasteiger partial charge in [-0.05, 0) is 52.3 Å². The smallest absolute Gasteiger partial charge is 0.273 e. The van der Waals surface area contributed by atoms with Crippen LogP contribution in [0.2, 0.25) is 0 Å². The lowest BCUT2D eigenvalue weighted by atomic mass is 10.0. The Kier molecular flexibility index (Phi) is 10.1. The zero-order valence-corrected chi connectivity index (χ0v) is 18.9. The van der Waals surface area contributed by atoms with Crippen LogP contribution in [0, 0.1) is 0 Å². The molecule has 9 heteroatoms. The quantitative estimate of drug-likeness (QED) is 0.613. The second kappa shape index (κ2) is 11.5. The van der Waals surface area contributed by atoms with Crippen molar-refractivity contribution in [1.82, 2.24) is 30.9 Å². The third-order valence-corrected chi connectivity index (χ3v) is 5.02. The number of carbonyl (C=O) groups is 1. The van der Waals surface area contributed by atoms with Crippen LogP contribution in [0.4, 0.5) is 0 Å². The van der Waals surface area contributed by atoms with Crippen LogP contribution in [0.15, 0.2) is 36.5 Å². The monoisotopic (exact) mass is 442 g/mol. The second-order valence-corrected chi connectivity index (χ2v) is 7.91. The Balaban J connectivity index is 0.00000210. The maximum atomic E-state index is 12.5. The van der Waals surface area contributed by atoms with Gasteiger partial charge in [0.05, 0.1) is 12.2 Å². The molecule has 1 aliphatic rings. The zero-order valence-electron chi connectivity index (χ0n) is 17.2. The van der Waals surface area contributed by atoms with Gasteiger partial charge in [0.15, 0.2) is 5.69 Å². The van der Waals surface area contributed by atoms with Gasteiger partial charge in [0.1, 0.15) is 0 Å². The summed E-state index contributed by atoms with van der Waals surface area (Å²) in [5.74, 6) is -0.183. The highest BCUT2D eigenvalue weighted by Gasteiger charge is 2.23. The maximum absolute atomic E-state index is 12.5. The standard InChI is InChI=1S/C20H30N6O.2ClH/c1-15(16-7-5-4-6-8-16)23-20(2,3)14-22-19(27)18-13-26(25-24-18)17-9-11-21-12-10-17;;/h4-8,13,15,17,21,23H,9-12,14H2,1-3H3,(H,22,27);2*1H. The molecule has 1 aromatic carbocycles. The third kappa shape index (κ3) is 7.26. The number of halogens is 2. The van der Waals surface area contributed by atoms with E-state index < -0.39 is 0 Å². The molecule has 1 atom stereocenters. The fraction of sp³-hybridized carbons (Fsp3) is 0.550. The Hall–Kier alpha value is -1.67. The van der Waals surface area contributed by atoms with Crippen molar-refractivity contribution in [1.29, 1.82) is 0 Å². The van der Waals surface area contributed by atoms with Crippen LogP contribution in [-0.4, -0.2) is 46.1 Å². The highest BCUT2D eigenvalue weighted by Crippen LogP contribution is 2.18. The SMILES string of the molecule is CC(NC(C)(C)CNC(=O)c1cn(C2CCNCC2)nn1)c1ccccc1.Cl.Cl. The minimum Gasteiger partial charge on any atom is -0.349 e. The lowest BCUT2D eigenvalue weighted by Gasteiger charge is -2.30. The van der Waals surface area contributed by atoms with Gasteiger partial charge in [0, 0.05) is 18.1 Å². The first kappa shape index (κ1) is 25.4. The molecule has 1 aromatic heterocycles. The molecule has 1 fully saturated rings. The molecular formula is C20H32Cl2N6O. The molecule has 1 aliphatic heterocycles. The molecule has 3 N–H and O–H groups in total. The Bertz CT molecular complexity index is 746. The second-order valence-electron chi connectivity index (χ2n) is 7.91. The minimum absolute atomic E-state index is 0. The number of nitrogens with zero attached hydrogens (tertiary/aromatic N) is 3. The van der Waals surface area contributed by atoms with E-state index >= 15 is 0 Å². The molecule has 3 rings (SSSR count). The summed E-state index contributed by atoms with van der Waals surface area (Å²) in [4.78, 5) is 12.5. The van der Waals surface area contributed by atoms with Gasteiger partial charge in [0.25, 0.3) is 5.91 Å². The van der Waals surface area contributed by atoms with Gasteiger partial charge in [-0.3, -0.25) is 4.79 Å². The van der Waals surface area contributed by atoms with Gasteiger partial charge in [-0.15, -0.1) is 29.9 Å². The fourth-order valence-electron chi connectivity index (χ4n) is 3.48. The molecule has 0 aliphatic carbocycles. The predicted molar refractivity (Wildman–Crippen MR) is 120 cm³/mol. The normalized spacial score (nSPS) is 15.7. The fourth-order valence-corrected chi connectivity index (χ4v) is 3.48. The number of piperidine rings is 1. The Morgan fingerprint density at radius 2 is 1.90 bits per heavy atom. The van der Waals surface area contributed by atoms with Gasteiger partial charge >= 0.3 is 0 Å². The van der Waals surface area contributed by atoms with Gasteiger partial charge in [-0.1, -0.05) is 35.5 Å². The van der Waals surface area contributed by atoms with E-state index in [0.717, 1.165) is 25.9 Å². The van der Waals surface area contributed by atoms with Crippen molar-refractivity contribution < 1.29 is 4.79 Å². The van der Waals surface area contributed by atoms with E-state index in [-0.39, 0.29) is 42.3 Å². The van der Waals surface area contributed by atoms with Crippen LogP contribution >= 0.6 is 24.8 Å². The molecule has 0 saturated carbocycles. The largest absolute Gasteiger partial charge is 0.349 e. The summed E-state index contributed by atoms with van der Waals surface area (Å²) in [7, 11) is 0. The summed E-state index contributed by atoms with van der Waals surface area (Å²) in [6.45, 7) is 8.75. The topological polar surface area (TPSA) is 83.9 Å². The van der Waals surface area contributed by atoms with E-state index in [2.05, 4.69) is 59.2 Å². The number of rotatable bonds is 7. The van der Waals surface area contributed by atoms with E-state index in [1.54, 1.807) is 6.20 Å². The van der Waals surface area contributed by atoms with Gasteiger partial charge in [0.2, 0.25) is 0 Å². The molecule has 2 aromatic rings. The highest BCUT2D eigenvalue weighted by atomic mass is 35.5. The van der Waals surface area contributed by atoms with E-state index in [1.165, 1.54) is 5.56 Å². The van der Waals surface area contributed by atoms with Crippen molar-refractivity contribution in [2.75, 3.05) is 19.6 Å². The summed E-state index contributed by atoms with van der Waals surface area (Å²) < 4.78 is 1.83. The van der Waals surface area contributed by atoms with E-state index in [1.807, 2.05) is 22.9 Å². The number of amides is 1. The first-order valence-corrected chi connectivity index (χ1v) is 9.68. The average molecular weight is 443 g/mol. The van der Waals surface area contributed by atoms with Gasteiger partial charge in [-0.25, -0.2) is 4.68 Å². The first-order chi connectivity index (χ1) is 12.9. The highest BCUT2D eigenvalue weighted by molar-refractivity contribution is 5.91. The molecule has 1 saturated heterocycles. The van der Waals surface area contributed by atoms with Crippen molar-refractivity contribution in [2.24, 2.45) is 0 Å². The number of hydrogen-bond acceptors (Lipinski definition) is 5. The number of hydrogen-bond donors (Lipinski definition) is 3. The van der Waals surface area contributed by atoms with Gasteiger partial charge < -0.3 is 16.0 Å². The van der Waals surface area contributed by atoms with Crippen LogP contribution < -0.4 is 16.0 Å². The molecule has 0 spiro atoms. The van der Waals surface area contributed by atoms with Crippen molar-refractivity contribution in [2.45, 2.75) is 51.2 Å². The molecule has 1 amide bonds. The van der Waals surface area contributed by atoms with Crippen molar-refractivity contribution in [3.63, 3.8) is 0 Å². The lowest BCUT2D eigenvalue weighted by Crippen LogP contribution is -2.49. The third-order valence-electron chi connectivity index (χ3n) is 5.02. The number of nitrogens with one attached hydrogen (secondary N) is 3. The van der Waals surface area contributed by atoms with E-state index in [0.29, 0.717) is 18.3 Å². The molecule has 29 heavy (non-hydrogen) atoms. The first-order valence-electron chi connectivity index (χ1n) is 9.68. The van der Waals surface area contributed by atoms with Crippen molar-refractivity contribution >= 4 is 30.7 Å². The number of benzene rings is 1. The molecule has 7 nitrogen and oxygen atoms in total. The number of carbonyl (C=O) groups excluding carboxylic acids is 1. The summed E-state index contributed by atoms with van der Waals surface area (Å²) in [5, 5.41) is 18.1. The van der Waals surface area contributed by atoms with Crippen LogP contribution in [0.25, 0.3) is 0 Å². The number of aromatic nitrogens is 3. The van der Waals surface area contributed by atoms with Crippen LogP contribution in [0.5, 0.6) is 0 Å². The average Bonchev–Trinajstić information content (AvgIpc) is 3.17. The van der Waals surface area contributed by atoms with Gasteiger partial charge in [-0.2, -0.15) is 0 Å². The Labute approximate surface area is 185 Å². The van der Waals surface area contributed by atoms with E-state index in [4.69, 9.17) is 0 Å². The van der Waals surface area contributed by atoms with Crippen LogP contribution in [0.1, 0.15) is 61.7 Å². The zero-order chi connectivity index (χ0) is 19.3. The Morgan fingerprint density at radius 1 is 1.24 bits per heavy atom. The van der Waals surface area contributed by atoms with Crippen LogP contribution in [-0.2, 0) is 0 Å². The van der Waals surface area contributed by atoms with E-state index in [9.17, 15) is 4.79 Å². The molecular weight excluding hydrogens is 411 g/mol. The maximum Gasteiger partial charge on any atom is 0.273 e. The molecule has 0 radical (unpaired) electrons. The molecule has 2 heterocycles. The molecule has 1 unspecified atom stereocenters. The summed E-state index contributed by atoms with van der Waals surface area (Å²) in [6, 6.07) is 10.8. The molecule has 0 bridgehead atoms. The summed E-state index contributed by atoms with van der Waals surface area (Å²) in [6.07, 6.45) is 3.79. The predicted octanol–water partition coefficient (Wildman–Crippen LogP) is 2.91. The Morgan fingerprint density at radius 3 is 2.55 bits per heavy atom. The van der Waals surface area contributed by atoms with Crippen molar-refractivity contribution in [3.8, 4) is 0 Å². The molecule has 162 valence electrons. The lowest BCUT2D eigenvalue weighted by molar-refractivity contribution is 0.0936. The van der Waals surface area contributed by atoms with Crippen LogP contribution in [0.3, 0.4) is 0 Å².